The molecule has 14 heteroatoms. The average molecular weight is 490 g/mol. The van der Waals surface area contributed by atoms with E-state index in [2.05, 4.69) is 20.5 Å². The number of carbonyl (C=O) groups is 1. The number of sulfone groups is 1. The Bertz CT molecular complexity index is 1250. The molecule has 0 atom stereocenters. The molecule has 1 N–H and O–H groups in total. The molecule has 0 unspecified atom stereocenters. The van der Waals surface area contributed by atoms with Crippen molar-refractivity contribution in [1.29, 1.82) is 0 Å². The predicted molar refractivity (Wildman–Crippen MR) is 111 cm³/mol. The van der Waals surface area contributed by atoms with E-state index < -0.39 is 27.5 Å². The molecule has 0 radical (unpaired) electrons. The average Bonchev–Trinajstić information content (AvgIpc) is 3.19. The number of hydroxylamine groups is 1. The summed E-state index contributed by atoms with van der Waals surface area (Å²) in [5.74, 6) is -0.555. The molecule has 0 saturated carbocycles. The number of fused-ring (bicyclic) bond motifs is 1. The fourth-order valence-corrected chi connectivity index (χ4v) is 3.89. The van der Waals surface area contributed by atoms with Crippen molar-refractivity contribution in [1.82, 2.24) is 25.1 Å². The summed E-state index contributed by atoms with van der Waals surface area (Å²) in [6.45, 7) is 1.66. The summed E-state index contributed by atoms with van der Waals surface area (Å²) in [6, 6.07) is 2.73. The van der Waals surface area contributed by atoms with Crippen molar-refractivity contribution >= 4 is 33.2 Å². The number of nitrogens with zero attached hydrogens (tertiary/aromatic N) is 4. The molecule has 0 fully saturated rings. The van der Waals surface area contributed by atoms with Crippen LogP contribution in [0, 0.1) is 0 Å². The van der Waals surface area contributed by atoms with Crippen molar-refractivity contribution in [3.63, 3.8) is 0 Å². The Kier molecular flexibility index (Phi) is 7.05. The molecule has 0 spiro atoms. The summed E-state index contributed by atoms with van der Waals surface area (Å²) in [6.07, 6.45) is -0.525. The van der Waals surface area contributed by atoms with Crippen LogP contribution in [0.25, 0.3) is 17.2 Å². The van der Waals surface area contributed by atoms with E-state index in [1.165, 1.54) is 18.7 Å². The van der Waals surface area contributed by atoms with Gasteiger partial charge in [-0.15, -0.1) is 5.10 Å². The second-order valence-corrected chi connectivity index (χ2v) is 9.63. The van der Waals surface area contributed by atoms with Gasteiger partial charge in [0, 0.05) is 18.1 Å². The summed E-state index contributed by atoms with van der Waals surface area (Å²) in [5, 5.41) is 4.04. The SMILES string of the molecule is CCS(=O)(=O)c1cc(C(=O)NOCCSC)cnc1-c1nc2cc(C(F)(F)F)ccn2n1. The minimum atomic E-state index is -4.57. The maximum Gasteiger partial charge on any atom is 0.416 e. The van der Waals surface area contributed by atoms with E-state index in [0.29, 0.717) is 5.75 Å². The van der Waals surface area contributed by atoms with Gasteiger partial charge in [-0.2, -0.15) is 24.9 Å². The van der Waals surface area contributed by atoms with Gasteiger partial charge in [-0.1, -0.05) is 6.92 Å². The zero-order chi connectivity index (χ0) is 23.5. The maximum atomic E-state index is 13.0. The number of alkyl halides is 3. The molecule has 9 nitrogen and oxygen atoms in total. The molecular formula is C18H18F3N5O4S2. The standard InChI is InChI=1S/C18H18F3N5O4S2/c1-3-32(28,29)13-8-11(17(27)25-30-6-7-31-2)10-22-15(13)16-23-14-9-12(18(19,20)21)4-5-26(14)24-16/h4-5,8-10H,3,6-7H2,1-2H3,(H,25,27). The molecule has 1 amide bonds. The Balaban J connectivity index is 2.03. The van der Waals surface area contributed by atoms with E-state index in [9.17, 15) is 26.4 Å². The number of aromatic nitrogens is 4. The number of pyridine rings is 2. The summed E-state index contributed by atoms with van der Waals surface area (Å²) < 4.78 is 65.3. The summed E-state index contributed by atoms with van der Waals surface area (Å²) in [7, 11) is -3.89. The summed E-state index contributed by atoms with van der Waals surface area (Å²) in [5.41, 5.74) is 0.887. The van der Waals surface area contributed by atoms with E-state index in [1.807, 2.05) is 6.26 Å². The van der Waals surface area contributed by atoms with Crippen LogP contribution in [0.2, 0.25) is 0 Å². The van der Waals surface area contributed by atoms with Crippen LogP contribution in [-0.4, -0.2) is 58.3 Å². The summed E-state index contributed by atoms with van der Waals surface area (Å²) >= 11 is 1.52. The molecule has 3 aromatic heterocycles. The molecule has 0 aliphatic rings. The number of amides is 1. The van der Waals surface area contributed by atoms with Gasteiger partial charge in [0.2, 0.25) is 5.82 Å². The van der Waals surface area contributed by atoms with Gasteiger partial charge in [0.25, 0.3) is 5.91 Å². The van der Waals surface area contributed by atoms with E-state index in [0.717, 1.165) is 35.1 Å². The second kappa shape index (κ2) is 9.42. The highest BCUT2D eigenvalue weighted by atomic mass is 32.2. The van der Waals surface area contributed by atoms with Gasteiger partial charge >= 0.3 is 6.18 Å². The van der Waals surface area contributed by atoms with E-state index >= 15 is 0 Å². The van der Waals surface area contributed by atoms with Crippen molar-refractivity contribution in [3.05, 3.63) is 41.7 Å². The van der Waals surface area contributed by atoms with Crippen LogP contribution in [0.4, 0.5) is 13.2 Å². The maximum absolute atomic E-state index is 13.0. The van der Waals surface area contributed by atoms with Crippen molar-refractivity contribution in [2.45, 2.75) is 18.0 Å². The first-order chi connectivity index (χ1) is 15.1. The third-order valence-corrected chi connectivity index (χ3v) is 6.58. The summed E-state index contributed by atoms with van der Waals surface area (Å²) in [4.78, 5) is 25.0. The minimum Gasteiger partial charge on any atom is -0.273 e. The lowest BCUT2D eigenvalue weighted by Gasteiger charge is -2.09. The first-order valence-corrected chi connectivity index (χ1v) is 12.2. The molecule has 0 saturated heterocycles. The van der Waals surface area contributed by atoms with Crippen LogP contribution in [0.15, 0.2) is 35.5 Å². The van der Waals surface area contributed by atoms with Crippen LogP contribution in [0.5, 0.6) is 0 Å². The first-order valence-electron chi connectivity index (χ1n) is 9.14. The zero-order valence-electron chi connectivity index (χ0n) is 16.9. The molecule has 3 rings (SSSR count). The van der Waals surface area contributed by atoms with Gasteiger partial charge in [-0.25, -0.2) is 23.4 Å². The Hall–Kier alpha value is -2.71. The fourth-order valence-electron chi connectivity index (χ4n) is 2.59. The van der Waals surface area contributed by atoms with Crippen LogP contribution < -0.4 is 5.48 Å². The number of hydrogen-bond acceptors (Lipinski definition) is 8. The number of nitrogens with one attached hydrogen (secondary N) is 1. The molecule has 3 heterocycles. The van der Waals surface area contributed by atoms with Gasteiger partial charge in [0.05, 0.1) is 28.4 Å². The highest BCUT2D eigenvalue weighted by Gasteiger charge is 2.31. The number of halogens is 3. The third-order valence-electron chi connectivity index (χ3n) is 4.26. The normalized spacial score (nSPS) is 12.3. The molecule has 172 valence electrons. The first kappa shape index (κ1) is 23.9. The van der Waals surface area contributed by atoms with E-state index in [-0.39, 0.29) is 40.0 Å². The molecule has 0 aliphatic carbocycles. The molecular weight excluding hydrogens is 471 g/mol. The Morgan fingerprint density at radius 3 is 2.72 bits per heavy atom. The number of rotatable bonds is 8. The molecule has 32 heavy (non-hydrogen) atoms. The van der Waals surface area contributed by atoms with Crippen molar-refractivity contribution < 1.29 is 31.2 Å². The van der Waals surface area contributed by atoms with Crippen molar-refractivity contribution in [2.75, 3.05) is 24.4 Å². The van der Waals surface area contributed by atoms with Crippen LogP contribution in [0.3, 0.4) is 0 Å². The predicted octanol–water partition coefficient (Wildman–Crippen LogP) is 2.63. The van der Waals surface area contributed by atoms with Gasteiger partial charge in [0.15, 0.2) is 15.5 Å². The van der Waals surface area contributed by atoms with E-state index in [1.54, 1.807) is 0 Å². The van der Waals surface area contributed by atoms with Crippen molar-refractivity contribution in [3.8, 4) is 11.5 Å². The van der Waals surface area contributed by atoms with Gasteiger partial charge in [-0.05, 0) is 24.5 Å². The smallest absolute Gasteiger partial charge is 0.273 e. The van der Waals surface area contributed by atoms with Crippen LogP contribution in [-0.2, 0) is 20.9 Å². The van der Waals surface area contributed by atoms with Gasteiger partial charge in [0.1, 0.15) is 5.69 Å². The molecule has 0 bridgehead atoms. The fraction of sp³-hybridized carbons (Fsp3) is 0.333. The second-order valence-electron chi connectivity index (χ2n) is 6.40. The number of carbonyl (C=O) groups excluding carboxylic acids is 1. The van der Waals surface area contributed by atoms with Crippen LogP contribution in [0.1, 0.15) is 22.8 Å². The van der Waals surface area contributed by atoms with Crippen molar-refractivity contribution in [2.24, 2.45) is 0 Å². The monoisotopic (exact) mass is 489 g/mol. The third kappa shape index (κ3) is 5.19. The molecule has 0 aliphatic heterocycles. The highest BCUT2D eigenvalue weighted by Crippen LogP contribution is 2.30. The Labute approximate surface area is 185 Å². The Morgan fingerprint density at radius 2 is 2.06 bits per heavy atom. The zero-order valence-corrected chi connectivity index (χ0v) is 18.5. The molecule has 3 aromatic rings. The lowest BCUT2D eigenvalue weighted by atomic mass is 10.2. The lowest BCUT2D eigenvalue weighted by Crippen LogP contribution is -2.25. The Morgan fingerprint density at radius 1 is 1.31 bits per heavy atom. The van der Waals surface area contributed by atoms with Crippen LogP contribution >= 0.6 is 11.8 Å². The minimum absolute atomic E-state index is 0.0759. The topological polar surface area (TPSA) is 116 Å². The van der Waals surface area contributed by atoms with E-state index in [4.69, 9.17) is 4.84 Å². The lowest BCUT2D eigenvalue weighted by molar-refractivity contribution is -0.137. The molecule has 0 aromatic carbocycles. The largest absolute Gasteiger partial charge is 0.416 e. The number of hydrogen-bond donors (Lipinski definition) is 1. The van der Waals surface area contributed by atoms with Gasteiger partial charge in [-0.3, -0.25) is 14.6 Å². The number of thioether (sulfide) groups is 1. The van der Waals surface area contributed by atoms with Gasteiger partial charge < -0.3 is 0 Å². The quantitative estimate of drug-likeness (QED) is 0.379. The highest BCUT2D eigenvalue weighted by molar-refractivity contribution is 7.98.